The van der Waals surface area contributed by atoms with Crippen molar-refractivity contribution in [2.75, 3.05) is 57.4 Å². The van der Waals surface area contributed by atoms with E-state index in [1.807, 2.05) is 6.92 Å². The molecule has 0 spiro atoms. The smallest absolute Gasteiger partial charge is 0.260 e. The van der Waals surface area contributed by atoms with Crippen molar-refractivity contribution in [2.24, 2.45) is 0 Å². The molecule has 0 saturated carbocycles. The van der Waals surface area contributed by atoms with Crippen molar-refractivity contribution in [1.82, 2.24) is 14.2 Å². The number of anilines is 1. The maximum Gasteiger partial charge on any atom is 0.260 e. The van der Waals surface area contributed by atoms with E-state index in [-0.39, 0.29) is 10.8 Å². The number of sulfonamides is 1. The van der Waals surface area contributed by atoms with Crippen LogP contribution in [0.5, 0.6) is 0 Å². The molecule has 8 nitrogen and oxygen atoms in total. The van der Waals surface area contributed by atoms with E-state index in [0.29, 0.717) is 30.3 Å². The molecule has 2 aromatic carbocycles. The molecular weight excluding hydrogens is 532 g/mol. The SMILES string of the molecule is Cc1ccc(C)c2sc(N(CCCN3CCOCC3)C(=O)c3ccc(S(=O)(=O)N4CCCCCC4)cc3)nc12. The molecule has 1 amide bonds. The van der Waals surface area contributed by atoms with Gasteiger partial charge in [-0.15, -0.1) is 0 Å². The summed E-state index contributed by atoms with van der Waals surface area (Å²) in [6.45, 7) is 9.91. The lowest BCUT2D eigenvalue weighted by Gasteiger charge is -2.27. The predicted octanol–water partition coefficient (Wildman–Crippen LogP) is 4.85. The van der Waals surface area contributed by atoms with E-state index in [9.17, 15) is 13.2 Å². The van der Waals surface area contributed by atoms with Crippen LogP contribution in [-0.2, 0) is 14.8 Å². The van der Waals surface area contributed by atoms with Crippen LogP contribution >= 0.6 is 11.3 Å². The summed E-state index contributed by atoms with van der Waals surface area (Å²) in [7, 11) is -3.57. The number of hydrogen-bond donors (Lipinski definition) is 0. The van der Waals surface area contributed by atoms with Crippen molar-refractivity contribution >= 4 is 42.6 Å². The minimum absolute atomic E-state index is 0.162. The minimum Gasteiger partial charge on any atom is -0.379 e. The summed E-state index contributed by atoms with van der Waals surface area (Å²) >= 11 is 1.54. The van der Waals surface area contributed by atoms with Crippen molar-refractivity contribution in [3.63, 3.8) is 0 Å². The van der Waals surface area contributed by atoms with E-state index in [0.717, 1.165) is 86.3 Å². The fraction of sp³-hybridized carbons (Fsp3) is 0.517. The van der Waals surface area contributed by atoms with Crippen molar-refractivity contribution < 1.29 is 17.9 Å². The van der Waals surface area contributed by atoms with Crippen LogP contribution < -0.4 is 4.90 Å². The monoisotopic (exact) mass is 570 g/mol. The van der Waals surface area contributed by atoms with Gasteiger partial charge < -0.3 is 4.74 Å². The second kappa shape index (κ2) is 12.4. The molecule has 39 heavy (non-hydrogen) atoms. The summed E-state index contributed by atoms with van der Waals surface area (Å²) in [5.41, 5.74) is 3.62. The number of fused-ring (bicyclic) bond motifs is 1. The Balaban J connectivity index is 1.39. The summed E-state index contributed by atoms with van der Waals surface area (Å²) in [6, 6.07) is 10.6. The Labute approximate surface area is 235 Å². The second-order valence-corrected chi connectivity index (χ2v) is 13.4. The molecule has 0 unspecified atom stereocenters. The molecular formula is C29H38N4O4S2. The molecule has 5 rings (SSSR count). The highest BCUT2D eigenvalue weighted by molar-refractivity contribution is 7.89. The lowest BCUT2D eigenvalue weighted by atomic mass is 10.1. The van der Waals surface area contributed by atoms with E-state index in [1.54, 1.807) is 44.8 Å². The molecule has 0 bridgehead atoms. The number of aryl methyl sites for hydroxylation is 2. The van der Waals surface area contributed by atoms with Crippen LogP contribution in [0.3, 0.4) is 0 Å². The summed E-state index contributed by atoms with van der Waals surface area (Å²) in [5.74, 6) is -0.162. The topological polar surface area (TPSA) is 83.0 Å². The van der Waals surface area contributed by atoms with Crippen molar-refractivity contribution in [3.8, 4) is 0 Å². The third-order valence-electron chi connectivity index (χ3n) is 7.67. The third kappa shape index (κ3) is 6.36. The molecule has 2 aliphatic rings. The van der Waals surface area contributed by atoms with E-state index in [4.69, 9.17) is 9.72 Å². The number of amides is 1. The highest BCUT2D eigenvalue weighted by Crippen LogP contribution is 2.34. The van der Waals surface area contributed by atoms with Crippen LogP contribution in [0.15, 0.2) is 41.3 Å². The first-order valence-electron chi connectivity index (χ1n) is 13.9. The van der Waals surface area contributed by atoms with E-state index in [1.165, 1.54) is 0 Å². The molecule has 0 N–H and O–H groups in total. The van der Waals surface area contributed by atoms with Gasteiger partial charge in [-0.1, -0.05) is 36.3 Å². The van der Waals surface area contributed by atoms with Crippen LogP contribution in [0.4, 0.5) is 5.13 Å². The van der Waals surface area contributed by atoms with Gasteiger partial charge in [0.25, 0.3) is 5.91 Å². The minimum atomic E-state index is -3.57. The van der Waals surface area contributed by atoms with Crippen LogP contribution in [0.1, 0.15) is 53.6 Å². The number of carbonyl (C=O) groups is 1. The maximum atomic E-state index is 13.9. The van der Waals surface area contributed by atoms with Crippen molar-refractivity contribution in [1.29, 1.82) is 0 Å². The average molecular weight is 571 g/mol. The second-order valence-electron chi connectivity index (χ2n) is 10.5. The predicted molar refractivity (Wildman–Crippen MR) is 156 cm³/mol. The average Bonchev–Trinajstić information content (AvgIpc) is 3.22. The zero-order valence-electron chi connectivity index (χ0n) is 22.9. The largest absolute Gasteiger partial charge is 0.379 e. The number of hydrogen-bond acceptors (Lipinski definition) is 7. The number of thiazole rings is 1. The molecule has 10 heteroatoms. The fourth-order valence-electron chi connectivity index (χ4n) is 5.28. The fourth-order valence-corrected chi connectivity index (χ4v) is 7.93. The van der Waals surface area contributed by atoms with Gasteiger partial charge in [0.15, 0.2) is 5.13 Å². The molecule has 2 fully saturated rings. The van der Waals surface area contributed by atoms with Crippen LogP contribution in [0.25, 0.3) is 10.2 Å². The Hall–Kier alpha value is -2.37. The molecule has 3 heterocycles. The molecule has 2 saturated heterocycles. The Morgan fingerprint density at radius 2 is 1.62 bits per heavy atom. The molecule has 0 atom stereocenters. The molecule has 2 aliphatic heterocycles. The third-order valence-corrected chi connectivity index (χ3v) is 10.8. The van der Waals surface area contributed by atoms with Crippen molar-refractivity contribution in [3.05, 3.63) is 53.1 Å². The Morgan fingerprint density at radius 1 is 0.949 bits per heavy atom. The van der Waals surface area contributed by atoms with Gasteiger partial charge in [0.2, 0.25) is 10.0 Å². The van der Waals surface area contributed by atoms with E-state index >= 15 is 0 Å². The summed E-state index contributed by atoms with van der Waals surface area (Å²) in [5, 5.41) is 0.677. The summed E-state index contributed by atoms with van der Waals surface area (Å²) < 4.78 is 34.6. The van der Waals surface area contributed by atoms with Gasteiger partial charge in [0.1, 0.15) is 0 Å². The quantitative estimate of drug-likeness (QED) is 0.385. The first-order chi connectivity index (χ1) is 18.8. The molecule has 210 valence electrons. The maximum absolute atomic E-state index is 13.9. The Morgan fingerprint density at radius 3 is 2.28 bits per heavy atom. The van der Waals surface area contributed by atoms with Gasteiger partial charge in [0, 0.05) is 44.8 Å². The zero-order valence-corrected chi connectivity index (χ0v) is 24.5. The standard InChI is InChI=1S/C29H38N4O4S2/c1-22-8-9-23(2)27-26(22)30-29(38-27)33(17-7-14-31-18-20-37-21-19-31)28(34)24-10-12-25(13-11-24)39(35,36)32-15-5-3-4-6-16-32/h8-13H,3-7,14-21H2,1-2H3. The van der Waals surface area contributed by atoms with Crippen LogP contribution in [0, 0.1) is 13.8 Å². The molecule has 3 aromatic rings. The van der Waals surface area contributed by atoms with Gasteiger partial charge in [-0.25, -0.2) is 13.4 Å². The molecule has 1 aromatic heterocycles. The van der Waals surface area contributed by atoms with Gasteiger partial charge in [-0.2, -0.15) is 4.31 Å². The van der Waals surface area contributed by atoms with Gasteiger partial charge in [-0.3, -0.25) is 14.6 Å². The first-order valence-corrected chi connectivity index (χ1v) is 16.2. The van der Waals surface area contributed by atoms with E-state index < -0.39 is 10.0 Å². The first kappa shape index (κ1) is 28.2. The highest BCUT2D eigenvalue weighted by Gasteiger charge is 2.27. The zero-order chi connectivity index (χ0) is 27.4. The van der Waals surface area contributed by atoms with Crippen LogP contribution in [0.2, 0.25) is 0 Å². The molecule has 0 radical (unpaired) electrons. The number of morpholine rings is 1. The van der Waals surface area contributed by atoms with Crippen molar-refractivity contribution in [2.45, 2.75) is 50.8 Å². The van der Waals surface area contributed by atoms with E-state index in [2.05, 4.69) is 24.0 Å². The lowest BCUT2D eigenvalue weighted by molar-refractivity contribution is 0.0376. The lowest BCUT2D eigenvalue weighted by Crippen LogP contribution is -2.39. The number of rotatable bonds is 8. The van der Waals surface area contributed by atoms with Gasteiger partial charge in [-0.05, 0) is 68.5 Å². The van der Waals surface area contributed by atoms with Crippen LogP contribution in [-0.4, -0.2) is 81.0 Å². The highest BCUT2D eigenvalue weighted by atomic mass is 32.2. The van der Waals surface area contributed by atoms with Gasteiger partial charge >= 0.3 is 0 Å². The summed E-state index contributed by atoms with van der Waals surface area (Å²) in [4.78, 5) is 23.2. The number of nitrogens with zero attached hydrogens (tertiary/aromatic N) is 4. The number of benzene rings is 2. The Bertz CT molecular complexity index is 1350. The number of carbonyl (C=O) groups excluding carboxylic acids is 1. The van der Waals surface area contributed by atoms with Gasteiger partial charge in [0.05, 0.1) is 28.3 Å². The normalized spacial score (nSPS) is 17.8. The number of aromatic nitrogens is 1. The number of ether oxygens (including phenoxy) is 1. The Kier molecular flexibility index (Phi) is 8.98. The molecule has 0 aliphatic carbocycles. The summed E-state index contributed by atoms with van der Waals surface area (Å²) in [6.07, 6.45) is 4.70.